The number of nitrogens with one attached hydrogen (secondary N) is 1. The van der Waals surface area contributed by atoms with Crippen LogP contribution in [-0.4, -0.2) is 39.8 Å². The van der Waals surface area contributed by atoms with Crippen LogP contribution in [0.15, 0.2) is 0 Å². The molecule has 1 fully saturated rings. The second-order valence-electron chi connectivity index (χ2n) is 5.32. The summed E-state index contributed by atoms with van der Waals surface area (Å²) in [6.45, 7) is 12.0. The fraction of sp³-hybridized carbons (Fsp3) is 0.833. The first-order valence-electron chi connectivity index (χ1n) is 5.99. The fourth-order valence-corrected chi connectivity index (χ4v) is 2.30. The molecule has 1 rings (SSSR count). The maximum atomic E-state index is 12.2. The monoisotopic (exact) mass is 225 g/mol. The van der Waals surface area contributed by atoms with Crippen LogP contribution in [0.4, 0.5) is 4.79 Å². The van der Waals surface area contributed by atoms with E-state index >= 15 is 0 Å². The molecule has 0 bridgehead atoms. The predicted molar refractivity (Wildman–Crippen MR) is 65.7 cm³/mol. The van der Waals surface area contributed by atoms with Crippen LogP contribution >= 0.6 is 0 Å². The number of nitrogens with zero attached hydrogens (tertiary/aromatic N) is 2. The van der Waals surface area contributed by atoms with E-state index in [1.165, 1.54) is 0 Å². The van der Waals surface area contributed by atoms with Crippen molar-refractivity contribution >= 4 is 11.9 Å². The van der Waals surface area contributed by atoms with Crippen molar-refractivity contribution in [3.63, 3.8) is 0 Å². The van der Waals surface area contributed by atoms with Gasteiger partial charge in [-0.05, 0) is 33.6 Å². The first-order valence-corrected chi connectivity index (χ1v) is 5.99. The van der Waals surface area contributed by atoms with Crippen molar-refractivity contribution in [3.05, 3.63) is 0 Å². The van der Waals surface area contributed by atoms with Crippen molar-refractivity contribution in [2.45, 2.75) is 59.7 Å². The number of carbonyl (C=O) groups is 1. The molecule has 1 atom stereocenters. The average molecular weight is 225 g/mol. The van der Waals surface area contributed by atoms with E-state index in [2.05, 4.69) is 13.8 Å². The zero-order valence-electron chi connectivity index (χ0n) is 11.1. The number of amides is 2. The van der Waals surface area contributed by atoms with Crippen molar-refractivity contribution < 1.29 is 4.79 Å². The van der Waals surface area contributed by atoms with Gasteiger partial charge in [-0.3, -0.25) is 10.3 Å². The van der Waals surface area contributed by atoms with Crippen LogP contribution in [0.25, 0.3) is 0 Å². The maximum absolute atomic E-state index is 12.2. The third kappa shape index (κ3) is 1.93. The Hall–Kier alpha value is -1.06. The first kappa shape index (κ1) is 13.0. The lowest BCUT2D eigenvalue weighted by molar-refractivity contribution is 0.159. The van der Waals surface area contributed by atoms with Crippen LogP contribution in [0.3, 0.4) is 0 Å². The Morgan fingerprint density at radius 3 is 1.81 bits per heavy atom. The lowest BCUT2D eigenvalue weighted by Crippen LogP contribution is -2.43. The third-order valence-electron chi connectivity index (χ3n) is 2.97. The Morgan fingerprint density at radius 2 is 1.56 bits per heavy atom. The van der Waals surface area contributed by atoms with Gasteiger partial charge >= 0.3 is 6.03 Å². The molecule has 1 unspecified atom stereocenters. The van der Waals surface area contributed by atoms with Gasteiger partial charge in [0.2, 0.25) is 0 Å². The summed E-state index contributed by atoms with van der Waals surface area (Å²) in [6.07, 6.45) is 0. The van der Waals surface area contributed by atoms with Gasteiger partial charge in [0.05, 0.1) is 6.04 Å². The predicted octanol–water partition coefficient (Wildman–Crippen LogP) is 2.54. The molecule has 1 N–H and O–H groups in total. The molecule has 0 aromatic heterocycles. The molecule has 1 heterocycles. The third-order valence-corrected chi connectivity index (χ3v) is 2.97. The number of hydrogen-bond acceptors (Lipinski definition) is 2. The molecule has 1 saturated heterocycles. The number of hydrogen-bond donors (Lipinski definition) is 1. The van der Waals surface area contributed by atoms with E-state index in [-0.39, 0.29) is 30.1 Å². The molecule has 92 valence electrons. The van der Waals surface area contributed by atoms with Crippen LogP contribution in [0.1, 0.15) is 41.5 Å². The minimum absolute atomic E-state index is 0.0197. The Bertz CT molecular complexity index is 271. The summed E-state index contributed by atoms with van der Waals surface area (Å²) >= 11 is 0. The molecule has 16 heavy (non-hydrogen) atoms. The maximum Gasteiger partial charge on any atom is 0.326 e. The molecule has 0 spiro atoms. The highest BCUT2D eigenvalue weighted by atomic mass is 16.2. The number of rotatable bonds is 3. The van der Waals surface area contributed by atoms with Gasteiger partial charge < -0.3 is 4.90 Å². The van der Waals surface area contributed by atoms with Gasteiger partial charge in [0.15, 0.2) is 0 Å². The molecule has 4 nitrogen and oxygen atoms in total. The van der Waals surface area contributed by atoms with Gasteiger partial charge in [0.25, 0.3) is 0 Å². The molecule has 4 heteroatoms. The standard InChI is InChI=1S/C12H23N3O/c1-7(2)10-11(13)15(9(5)6)12(16)14(10)8(3)4/h7-10,13H,1-6H3. The quantitative estimate of drug-likeness (QED) is 0.788. The Kier molecular flexibility index (Phi) is 3.61. The van der Waals surface area contributed by atoms with E-state index in [0.29, 0.717) is 5.84 Å². The zero-order chi connectivity index (χ0) is 12.6. The molecule has 2 amide bonds. The van der Waals surface area contributed by atoms with Crippen molar-refractivity contribution in [3.8, 4) is 0 Å². The van der Waals surface area contributed by atoms with E-state index < -0.39 is 0 Å². The minimum atomic E-state index is -0.0742. The smallest absolute Gasteiger partial charge is 0.311 e. The van der Waals surface area contributed by atoms with Gasteiger partial charge in [-0.1, -0.05) is 13.8 Å². The van der Waals surface area contributed by atoms with E-state index in [1.54, 1.807) is 4.90 Å². The van der Waals surface area contributed by atoms with Crippen LogP contribution < -0.4 is 0 Å². The summed E-state index contributed by atoms with van der Waals surface area (Å²) in [7, 11) is 0. The van der Waals surface area contributed by atoms with Gasteiger partial charge in [-0.2, -0.15) is 0 Å². The fourth-order valence-electron chi connectivity index (χ4n) is 2.30. The second-order valence-corrected chi connectivity index (χ2v) is 5.32. The van der Waals surface area contributed by atoms with Crippen LogP contribution in [0.2, 0.25) is 0 Å². The summed E-state index contributed by atoms with van der Waals surface area (Å²) < 4.78 is 0. The van der Waals surface area contributed by atoms with E-state index in [1.807, 2.05) is 32.6 Å². The van der Waals surface area contributed by atoms with Crippen LogP contribution in [0.5, 0.6) is 0 Å². The molecule has 0 aromatic carbocycles. The SMILES string of the molecule is CC(C)C1C(=N)N(C(C)C)C(=O)N1C(C)C. The summed E-state index contributed by atoms with van der Waals surface area (Å²) in [5, 5.41) is 8.14. The van der Waals surface area contributed by atoms with E-state index in [0.717, 1.165) is 0 Å². The molecule has 1 aliphatic rings. The van der Waals surface area contributed by atoms with Crippen LogP contribution in [-0.2, 0) is 0 Å². The van der Waals surface area contributed by atoms with Crippen molar-refractivity contribution in [1.29, 1.82) is 5.41 Å². The van der Waals surface area contributed by atoms with Crippen LogP contribution in [0, 0.1) is 11.3 Å². The molecule has 1 aliphatic heterocycles. The lowest BCUT2D eigenvalue weighted by atomic mass is 10.0. The average Bonchev–Trinajstić information content (AvgIpc) is 2.36. The van der Waals surface area contributed by atoms with E-state index in [9.17, 15) is 4.79 Å². The zero-order valence-corrected chi connectivity index (χ0v) is 11.1. The highest BCUT2D eigenvalue weighted by molar-refractivity contribution is 6.06. The number of carbonyl (C=O) groups excluding carboxylic acids is 1. The summed E-state index contributed by atoms with van der Waals surface area (Å²) in [4.78, 5) is 15.7. The molecule has 0 radical (unpaired) electrons. The summed E-state index contributed by atoms with van der Waals surface area (Å²) in [5.41, 5.74) is 0. The molecule has 0 aliphatic carbocycles. The van der Waals surface area contributed by atoms with Gasteiger partial charge in [0.1, 0.15) is 5.84 Å². The van der Waals surface area contributed by atoms with Gasteiger partial charge in [-0.15, -0.1) is 0 Å². The Balaban J connectivity index is 3.09. The molecular formula is C12H23N3O. The van der Waals surface area contributed by atoms with E-state index in [4.69, 9.17) is 5.41 Å². The van der Waals surface area contributed by atoms with Gasteiger partial charge in [0, 0.05) is 12.1 Å². The first-order chi connectivity index (χ1) is 7.29. The van der Waals surface area contributed by atoms with Crippen molar-refractivity contribution in [2.24, 2.45) is 5.92 Å². The highest BCUT2D eigenvalue weighted by Crippen LogP contribution is 2.27. The summed E-state index contributed by atoms with van der Waals surface area (Å²) in [6, 6.07) is 0.109. The lowest BCUT2D eigenvalue weighted by Gasteiger charge is -2.28. The molecule has 0 aromatic rings. The Labute approximate surface area is 98.1 Å². The topological polar surface area (TPSA) is 47.4 Å². The molecular weight excluding hydrogens is 202 g/mol. The number of amidine groups is 1. The summed E-state index contributed by atoms with van der Waals surface area (Å²) in [5.74, 6) is 0.728. The Morgan fingerprint density at radius 1 is 1.06 bits per heavy atom. The van der Waals surface area contributed by atoms with Crippen molar-refractivity contribution in [1.82, 2.24) is 9.80 Å². The minimum Gasteiger partial charge on any atom is -0.311 e. The largest absolute Gasteiger partial charge is 0.326 e. The second kappa shape index (κ2) is 4.44. The highest BCUT2D eigenvalue weighted by Gasteiger charge is 2.45. The van der Waals surface area contributed by atoms with Crippen molar-refractivity contribution in [2.75, 3.05) is 0 Å². The van der Waals surface area contributed by atoms with Gasteiger partial charge in [-0.25, -0.2) is 4.79 Å². The number of urea groups is 1. The normalized spacial score (nSPS) is 22.2. The molecule has 0 saturated carbocycles.